The molecule has 0 rings (SSSR count). The fraction of sp³-hybridized carbons (Fsp3) is 1.00. The molecular formula is C7H16O2S. The number of rotatable bonds is 4. The third kappa shape index (κ3) is 1.87. The molecule has 1 unspecified atom stereocenters. The summed E-state index contributed by atoms with van der Waals surface area (Å²) in [5.41, 5.74) is -0.400. The number of hydrogen-bond acceptors (Lipinski definition) is 3. The van der Waals surface area contributed by atoms with Crippen LogP contribution in [0.25, 0.3) is 0 Å². The first-order valence-electron chi connectivity index (χ1n) is 3.52. The first-order valence-corrected chi connectivity index (χ1v) is 4.04. The Morgan fingerprint density at radius 2 is 1.80 bits per heavy atom. The van der Waals surface area contributed by atoms with Crippen molar-refractivity contribution in [3.8, 4) is 0 Å². The Bertz CT molecular complexity index is 81.3. The minimum atomic E-state index is -0.400. The molecule has 2 N–H and O–H groups in total. The Labute approximate surface area is 67.7 Å². The second-order valence-electron chi connectivity index (χ2n) is 2.71. The highest BCUT2D eigenvalue weighted by Gasteiger charge is 2.30. The molecule has 0 bridgehead atoms. The van der Waals surface area contributed by atoms with Crippen LogP contribution in [-0.4, -0.2) is 28.7 Å². The van der Waals surface area contributed by atoms with E-state index in [2.05, 4.69) is 12.6 Å². The van der Waals surface area contributed by atoms with Gasteiger partial charge in [-0.25, -0.2) is 0 Å². The van der Waals surface area contributed by atoms with E-state index in [-0.39, 0.29) is 18.5 Å². The van der Waals surface area contributed by atoms with Gasteiger partial charge in [-0.2, -0.15) is 12.6 Å². The van der Waals surface area contributed by atoms with E-state index in [1.165, 1.54) is 0 Å². The molecule has 0 amide bonds. The van der Waals surface area contributed by atoms with Gasteiger partial charge in [0.05, 0.1) is 13.2 Å². The van der Waals surface area contributed by atoms with Crippen LogP contribution in [0.5, 0.6) is 0 Å². The van der Waals surface area contributed by atoms with Crippen LogP contribution in [0, 0.1) is 5.41 Å². The van der Waals surface area contributed by atoms with E-state index < -0.39 is 5.41 Å². The molecule has 0 aromatic carbocycles. The first kappa shape index (κ1) is 10.3. The molecular weight excluding hydrogens is 148 g/mol. The lowest BCUT2D eigenvalue weighted by Crippen LogP contribution is -2.36. The summed E-state index contributed by atoms with van der Waals surface area (Å²) in [5, 5.41) is 17.9. The number of thiol groups is 1. The van der Waals surface area contributed by atoms with Gasteiger partial charge in [0.1, 0.15) is 0 Å². The Morgan fingerprint density at radius 1 is 1.40 bits per heavy atom. The minimum Gasteiger partial charge on any atom is -0.396 e. The minimum absolute atomic E-state index is 0.00463. The molecule has 0 saturated carbocycles. The van der Waals surface area contributed by atoms with Crippen molar-refractivity contribution in [1.29, 1.82) is 0 Å². The zero-order valence-electron chi connectivity index (χ0n) is 6.54. The van der Waals surface area contributed by atoms with Crippen LogP contribution < -0.4 is 0 Å². The maximum absolute atomic E-state index is 8.94. The van der Waals surface area contributed by atoms with Gasteiger partial charge in [0.15, 0.2) is 0 Å². The van der Waals surface area contributed by atoms with Gasteiger partial charge in [-0.1, -0.05) is 13.8 Å². The van der Waals surface area contributed by atoms with Gasteiger partial charge < -0.3 is 10.2 Å². The molecule has 0 saturated heterocycles. The lowest BCUT2D eigenvalue weighted by Gasteiger charge is -2.31. The van der Waals surface area contributed by atoms with Crippen molar-refractivity contribution in [2.24, 2.45) is 5.41 Å². The summed E-state index contributed by atoms with van der Waals surface area (Å²) in [6.45, 7) is 3.84. The third-order valence-corrected chi connectivity index (χ3v) is 2.77. The van der Waals surface area contributed by atoms with Crippen molar-refractivity contribution in [1.82, 2.24) is 0 Å². The van der Waals surface area contributed by atoms with Crippen LogP contribution in [0.2, 0.25) is 0 Å². The maximum atomic E-state index is 8.94. The molecule has 10 heavy (non-hydrogen) atoms. The second-order valence-corrected chi connectivity index (χ2v) is 3.48. The van der Waals surface area contributed by atoms with Crippen molar-refractivity contribution in [2.75, 3.05) is 13.2 Å². The van der Waals surface area contributed by atoms with Crippen LogP contribution >= 0.6 is 12.6 Å². The quantitative estimate of drug-likeness (QED) is 0.535. The van der Waals surface area contributed by atoms with E-state index in [4.69, 9.17) is 10.2 Å². The number of aliphatic hydroxyl groups excluding tert-OH is 2. The van der Waals surface area contributed by atoms with E-state index in [0.717, 1.165) is 6.42 Å². The summed E-state index contributed by atoms with van der Waals surface area (Å²) >= 11 is 4.20. The smallest absolute Gasteiger partial charge is 0.0519 e. The first-order chi connectivity index (χ1) is 4.63. The summed E-state index contributed by atoms with van der Waals surface area (Å²) in [6, 6.07) is 0. The molecule has 0 aliphatic heterocycles. The van der Waals surface area contributed by atoms with Crippen LogP contribution in [0.3, 0.4) is 0 Å². The largest absolute Gasteiger partial charge is 0.396 e. The van der Waals surface area contributed by atoms with Crippen molar-refractivity contribution >= 4 is 12.6 Å². The van der Waals surface area contributed by atoms with Gasteiger partial charge in [0.2, 0.25) is 0 Å². The van der Waals surface area contributed by atoms with E-state index >= 15 is 0 Å². The molecule has 0 fully saturated rings. The lowest BCUT2D eigenvalue weighted by atomic mass is 9.84. The summed E-state index contributed by atoms with van der Waals surface area (Å²) in [6.07, 6.45) is 0.755. The summed E-state index contributed by atoms with van der Waals surface area (Å²) in [7, 11) is 0. The van der Waals surface area contributed by atoms with Crippen LogP contribution in [0.1, 0.15) is 20.3 Å². The van der Waals surface area contributed by atoms with Crippen LogP contribution in [-0.2, 0) is 0 Å². The Kier molecular flexibility index (Phi) is 4.32. The highest BCUT2D eigenvalue weighted by atomic mass is 32.1. The van der Waals surface area contributed by atoms with E-state index in [9.17, 15) is 0 Å². The van der Waals surface area contributed by atoms with E-state index in [0.29, 0.717) is 0 Å². The fourth-order valence-corrected chi connectivity index (χ4v) is 1.18. The SMILES string of the molecule is CCC(CO)(CO)C(C)S. The summed E-state index contributed by atoms with van der Waals surface area (Å²) < 4.78 is 0. The highest BCUT2D eigenvalue weighted by Crippen LogP contribution is 2.28. The van der Waals surface area contributed by atoms with Gasteiger partial charge in [0.25, 0.3) is 0 Å². The molecule has 3 heteroatoms. The lowest BCUT2D eigenvalue weighted by molar-refractivity contribution is 0.0532. The molecule has 0 aromatic rings. The average molecular weight is 164 g/mol. The summed E-state index contributed by atoms with van der Waals surface area (Å²) in [4.78, 5) is 0. The molecule has 0 aliphatic rings. The molecule has 0 radical (unpaired) electrons. The molecule has 62 valence electrons. The van der Waals surface area contributed by atoms with Gasteiger partial charge in [-0.05, 0) is 6.42 Å². The average Bonchev–Trinajstić information content (AvgIpc) is 1.92. The fourth-order valence-electron chi connectivity index (χ4n) is 0.833. The van der Waals surface area contributed by atoms with E-state index in [1.807, 2.05) is 13.8 Å². The third-order valence-electron chi connectivity index (χ3n) is 2.22. The molecule has 0 aromatic heterocycles. The molecule has 1 atom stereocenters. The Morgan fingerprint density at radius 3 is 1.80 bits per heavy atom. The van der Waals surface area contributed by atoms with Crippen LogP contribution in [0.15, 0.2) is 0 Å². The predicted molar refractivity (Wildman–Crippen MR) is 45.3 cm³/mol. The highest BCUT2D eigenvalue weighted by molar-refractivity contribution is 7.81. The molecule has 2 nitrogen and oxygen atoms in total. The summed E-state index contributed by atoms with van der Waals surface area (Å²) in [5.74, 6) is 0. The zero-order valence-corrected chi connectivity index (χ0v) is 7.43. The Balaban J connectivity index is 4.15. The van der Waals surface area contributed by atoms with Gasteiger partial charge in [-0.15, -0.1) is 0 Å². The standard InChI is InChI=1S/C7H16O2S/c1-3-7(4-8,5-9)6(2)10/h6,8-10H,3-5H2,1-2H3. The van der Waals surface area contributed by atoms with Crippen molar-refractivity contribution < 1.29 is 10.2 Å². The van der Waals surface area contributed by atoms with Crippen LogP contribution in [0.4, 0.5) is 0 Å². The predicted octanol–water partition coefficient (Wildman–Crippen LogP) is 0.686. The molecule has 0 aliphatic carbocycles. The monoisotopic (exact) mass is 164 g/mol. The normalized spacial score (nSPS) is 15.3. The van der Waals surface area contributed by atoms with Gasteiger partial charge >= 0.3 is 0 Å². The zero-order chi connectivity index (χ0) is 8.20. The molecule has 0 spiro atoms. The van der Waals surface area contributed by atoms with Gasteiger partial charge in [-0.3, -0.25) is 0 Å². The number of aliphatic hydroxyl groups is 2. The Hall–Kier alpha value is 0.270. The molecule has 0 heterocycles. The maximum Gasteiger partial charge on any atom is 0.0519 e. The van der Waals surface area contributed by atoms with Crippen molar-refractivity contribution in [3.63, 3.8) is 0 Å². The van der Waals surface area contributed by atoms with E-state index in [1.54, 1.807) is 0 Å². The van der Waals surface area contributed by atoms with Gasteiger partial charge in [0, 0.05) is 10.7 Å². The topological polar surface area (TPSA) is 40.5 Å². The van der Waals surface area contributed by atoms with Crippen molar-refractivity contribution in [2.45, 2.75) is 25.5 Å². The second kappa shape index (κ2) is 4.21. The number of hydrogen-bond donors (Lipinski definition) is 3. The van der Waals surface area contributed by atoms with Crippen molar-refractivity contribution in [3.05, 3.63) is 0 Å².